The van der Waals surface area contributed by atoms with E-state index in [2.05, 4.69) is 5.32 Å². The molecule has 0 aromatic heterocycles. The lowest BCUT2D eigenvalue weighted by molar-refractivity contribution is -0.123. The van der Waals surface area contributed by atoms with Gasteiger partial charge in [0.15, 0.2) is 0 Å². The van der Waals surface area contributed by atoms with Crippen molar-refractivity contribution < 1.29 is 9.90 Å². The Morgan fingerprint density at radius 2 is 1.78 bits per heavy atom. The highest BCUT2D eigenvalue weighted by molar-refractivity contribution is 5.75. The van der Waals surface area contributed by atoms with Gasteiger partial charge in [-0.15, -0.1) is 0 Å². The molecule has 0 saturated heterocycles. The van der Waals surface area contributed by atoms with Gasteiger partial charge in [0.25, 0.3) is 0 Å². The predicted molar refractivity (Wildman–Crippen MR) is 72.2 cm³/mol. The first-order valence-electron chi connectivity index (χ1n) is 7.67. The summed E-state index contributed by atoms with van der Waals surface area (Å²) in [6.45, 7) is 0.455. The Hall–Kier alpha value is -0.570. The maximum Gasteiger partial charge on any atom is 0.220 e. The molecule has 0 aromatic carbocycles. The molecule has 104 valence electrons. The van der Waals surface area contributed by atoms with Crippen LogP contribution in [0.2, 0.25) is 0 Å². The van der Waals surface area contributed by atoms with Gasteiger partial charge >= 0.3 is 0 Å². The van der Waals surface area contributed by atoms with E-state index in [1.54, 1.807) is 0 Å². The Balaban J connectivity index is 1.61. The summed E-state index contributed by atoms with van der Waals surface area (Å²) in [7, 11) is 0. The van der Waals surface area contributed by atoms with Crippen molar-refractivity contribution in [1.82, 2.24) is 5.32 Å². The zero-order valence-corrected chi connectivity index (χ0v) is 11.4. The zero-order valence-electron chi connectivity index (χ0n) is 11.4. The number of amides is 1. The summed E-state index contributed by atoms with van der Waals surface area (Å²) in [5.41, 5.74) is -0.624. The molecule has 0 aromatic rings. The molecule has 2 saturated carbocycles. The zero-order chi connectivity index (χ0) is 12.8. The van der Waals surface area contributed by atoms with Crippen LogP contribution in [0.5, 0.6) is 0 Å². The first-order chi connectivity index (χ1) is 8.68. The molecular weight excluding hydrogens is 226 g/mol. The summed E-state index contributed by atoms with van der Waals surface area (Å²) >= 11 is 0. The summed E-state index contributed by atoms with van der Waals surface area (Å²) in [5, 5.41) is 13.2. The van der Waals surface area contributed by atoms with Crippen LogP contribution in [0.1, 0.15) is 70.6 Å². The van der Waals surface area contributed by atoms with Gasteiger partial charge in [0.05, 0.1) is 5.60 Å². The Kier molecular flexibility index (Phi) is 5.04. The van der Waals surface area contributed by atoms with Gasteiger partial charge in [0.2, 0.25) is 5.91 Å². The predicted octanol–water partition coefficient (Wildman–Crippen LogP) is 2.77. The molecule has 0 unspecified atom stereocenters. The first-order valence-corrected chi connectivity index (χ1v) is 7.67. The Morgan fingerprint density at radius 1 is 1.11 bits per heavy atom. The van der Waals surface area contributed by atoms with Gasteiger partial charge in [0, 0.05) is 13.0 Å². The van der Waals surface area contributed by atoms with Crippen LogP contribution in [-0.4, -0.2) is 23.2 Å². The highest BCUT2D eigenvalue weighted by atomic mass is 16.3. The minimum atomic E-state index is -0.624. The van der Waals surface area contributed by atoms with Gasteiger partial charge in [-0.1, -0.05) is 44.9 Å². The third kappa shape index (κ3) is 4.27. The molecule has 2 N–H and O–H groups in total. The van der Waals surface area contributed by atoms with Crippen LogP contribution < -0.4 is 5.32 Å². The lowest BCUT2D eigenvalue weighted by Crippen LogP contribution is -2.44. The second-order valence-electron chi connectivity index (χ2n) is 6.25. The van der Waals surface area contributed by atoms with Gasteiger partial charge < -0.3 is 10.4 Å². The second-order valence-corrected chi connectivity index (χ2v) is 6.25. The third-order valence-electron chi connectivity index (χ3n) is 4.65. The van der Waals surface area contributed by atoms with E-state index in [1.807, 2.05) is 0 Å². The standard InChI is InChI=1S/C15H27NO2/c17-14(9-8-13-6-2-3-7-13)16-12-15(18)10-4-1-5-11-15/h13,18H,1-12H2,(H,16,17). The molecule has 0 atom stereocenters. The first kappa shape index (κ1) is 13.9. The minimum absolute atomic E-state index is 0.126. The third-order valence-corrected chi connectivity index (χ3v) is 4.65. The number of rotatable bonds is 5. The number of nitrogens with one attached hydrogen (secondary N) is 1. The molecule has 0 bridgehead atoms. The topological polar surface area (TPSA) is 49.3 Å². The van der Waals surface area contributed by atoms with E-state index in [4.69, 9.17) is 0 Å². The molecule has 1 amide bonds. The van der Waals surface area contributed by atoms with Crippen molar-refractivity contribution in [3.63, 3.8) is 0 Å². The number of carbonyl (C=O) groups is 1. The van der Waals surface area contributed by atoms with Crippen LogP contribution in [-0.2, 0) is 4.79 Å². The van der Waals surface area contributed by atoms with Crippen molar-refractivity contribution in [2.75, 3.05) is 6.54 Å². The van der Waals surface area contributed by atoms with Gasteiger partial charge in [-0.2, -0.15) is 0 Å². The highest BCUT2D eigenvalue weighted by Gasteiger charge is 2.29. The van der Waals surface area contributed by atoms with Crippen LogP contribution in [0, 0.1) is 5.92 Å². The van der Waals surface area contributed by atoms with E-state index in [0.29, 0.717) is 13.0 Å². The molecule has 3 heteroatoms. The Labute approximate surface area is 110 Å². The van der Waals surface area contributed by atoms with Crippen molar-refractivity contribution in [2.24, 2.45) is 5.92 Å². The normalized spacial score (nSPS) is 24.1. The maximum absolute atomic E-state index is 11.8. The number of aliphatic hydroxyl groups is 1. The minimum Gasteiger partial charge on any atom is -0.388 e. The van der Waals surface area contributed by atoms with E-state index < -0.39 is 5.60 Å². The molecule has 2 aliphatic carbocycles. The average Bonchev–Trinajstić information content (AvgIpc) is 2.88. The molecule has 0 radical (unpaired) electrons. The van der Waals surface area contributed by atoms with Gasteiger partial charge in [-0.05, 0) is 25.2 Å². The van der Waals surface area contributed by atoms with Crippen molar-refractivity contribution >= 4 is 5.91 Å². The largest absolute Gasteiger partial charge is 0.388 e. The van der Waals surface area contributed by atoms with Crippen molar-refractivity contribution in [3.05, 3.63) is 0 Å². The van der Waals surface area contributed by atoms with E-state index in [9.17, 15) is 9.90 Å². The Bertz CT molecular complexity index is 266. The van der Waals surface area contributed by atoms with Gasteiger partial charge in [0.1, 0.15) is 0 Å². The molecular formula is C15H27NO2. The molecule has 0 heterocycles. The average molecular weight is 253 g/mol. The van der Waals surface area contributed by atoms with E-state index in [0.717, 1.165) is 38.0 Å². The molecule has 0 aliphatic heterocycles. The van der Waals surface area contributed by atoms with E-state index >= 15 is 0 Å². The van der Waals surface area contributed by atoms with Crippen LogP contribution >= 0.6 is 0 Å². The SMILES string of the molecule is O=C(CCC1CCCC1)NCC1(O)CCCCC1. The monoisotopic (exact) mass is 253 g/mol. The Morgan fingerprint density at radius 3 is 2.44 bits per heavy atom. The van der Waals surface area contributed by atoms with Crippen molar-refractivity contribution in [1.29, 1.82) is 0 Å². The summed E-state index contributed by atoms with van der Waals surface area (Å²) in [6.07, 6.45) is 12.0. The molecule has 0 spiro atoms. The summed E-state index contributed by atoms with van der Waals surface area (Å²) in [5.74, 6) is 0.898. The van der Waals surface area contributed by atoms with Crippen molar-refractivity contribution in [3.8, 4) is 0 Å². The second kappa shape index (κ2) is 6.55. The van der Waals surface area contributed by atoms with Crippen molar-refractivity contribution in [2.45, 2.75) is 76.2 Å². The fraction of sp³-hybridized carbons (Fsp3) is 0.933. The smallest absolute Gasteiger partial charge is 0.220 e. The summed E-state index contributed by atoms with van der Waals surface area (Å²) in [4.78, 5) is 11.8. The van der Waals surface area contributed by atoms with Crippen LogP contribution in [0.3, 0.4) is 0 Å². The number of carbonyl (C=O) groups excluding carboxylic acids is 1. The van der Waals surface area contributed by atoms with Gasteiger partial charge in [-0.3, -0.25) is 4.79 Å². The van der Waals surface area contributed by atoms with Crippen LogP contribution in [0.4, 0.5) is 0 Å². The molecule has 18 heavy (non-hydrogen) atoms. The lowest BCUT2D eigenvalue weighted by Gasteiger charge is -2.32. The fourth-order valence-corrected chi connectivity index (χ4v) is 3.37. The fourth-order valence-electron chi connectivity index (χ4n) is 3.37. The highest BCUT2D eigenvalue weighted by Crippen LogP contribution is 2.29. The maximum atomic E-state index is 11.8. The number of hydrogen-bond donors (Lipinski definition) is 2. The molecule has 2 fully saturated rings. The quantitative estimate of drug-likeness (QED) is 0.791. The number of hydrogen-bond acceptors (Lipinski definition) is 2. The van der Waals surface area contributed by atoms with Crippen LogP contribution in [0.15, 0.2) is 0 Å². The molecule has 2 aliphatic rings. The molecule has 3 nitrogen and oxygen atoms in total. The summed E-state index contributed by atoms with van der Waals surface area (Å²) in [6, 6.07) is 0. The van der Waals surface area contributed by atoms with Crippen LogP contribution in [0.25, 0.3) is 0 Å². The van der Waals surface area contributed by atoms with E-state index in [1.165, 1.54) is 32.1 Å². The lowest BCUT2D eigenvalue weighted by atomic mass is 9.85. The summed E-state index contributed by atoms with van der Waals surface area (Å²) < 4.78 is 0. The van der Waals surface area contributed by atoms with Gasteiger partial charge in [-0.25, -0.2) is 0 Å². The molecule has 2 rings (SSSR count). The van der Waals surface area contributed by atoms with E-state index in [-0.39, 0.29) is 5.91 Å².